The molecule has 184 valence electrons. The third kappa shape index (κ3) is 2.85. The second kappa shape index (κ2) is 7.94. The van der Waals surface area contributed by atoms with Crippen LogP contribution in [0.3, 0.4) is 0 Å². The predicted molar refractivity (Wildman–Crippen MR) is 168 cm³/mol. The Morgan fingerprint density at radius 1 is 0.513 bits per heavy atom. The van der Waals surface area contributed by atoms with Crippen LogP contribution >= 0.6 is 0 Å². The van der Waals surface area contributed by atoms with E-state index in [0.717, 1.165) is 25.7 Å². The summed E-state index contributed by atoms with van der Waals surface area (Å²) >= 11 is 0. The van der Waals surface area contributed by atoms with Crippen molar-refractivity contribution in [1.29, 1.82) is 0 Å². The molecule has 0 bridgehead atoms. The number of aryl methyl sites for hydroxylation is 2. The second-order valence-corrected chi connectivity index (χ2v) is 11.1. The van der Waals surface area contributed by atoms with Gasteiger partial charge in [-0.3, -0.25) is 0 Å². The molecular weight excluding hydrogens is 470 g/mol. The van der Waals surface area contributed by atoms with E-state index in [1.54, 1.807) is 0 Å². The maximum atomic E-state index is 2.62. The van der Waals surface area contributed by atoms with Gasteiger partial charge in [0.05, 0.1) is 16.7 Å². The van der Waals surface area contributed by atoms with Crippen LogP contribution in [0.2, 0.25) is 0 Å². The highest BCUT2D eigenvalue weighted by atomic mass is 15.0. The van der Waals surface area contributed by atoms with Crippen molar-refractivity contribution < 1.29 is 0 Å². The van der Waals surface area contributed by atoms with Gasteiger partial charge in [0.15, 0.2) is 0 Å². The molecular formula is C38H27N. The second-order valence-electron chi connectivity index (χ2n) is 11.1. The molecule has 0 N–H and O–H groups in total. The lowest BCUT2D eigenvalue weighted by Gasteiger charge is -2.21. The van der Waals surface area contributed by atoms with Gasteiger partial charge in [0, 0.05) is 26.9 Å². The molecule has 0 unspecified atom stereocenters. The van der Waals surface area contributed by atoms with Crippen LogP contribution in [-0.4, -0.2) is 4.57 Å². The van der Waals surface area contributed by atoms with Crippen LogP contribution in [0.1, 0.15) is 35.1 Å². The summed E-state index contributed by atoms with van der Waals surface area (Å²) in [6.07, 6.45) is 13.8. The maximum absolute atomic E-state index is 2.62. The van der Waals surface area contributed by atoms with Crippen LogP contribution in [0.4, 0.5) is 0 Å². The fourth-order valence-electron chi connectivity index (χ4n) is 7.41. The summed E-state index contributed by atoms with van der Waals surface area (Å²) in [4.78, 5) is 0. The summed E-state index contributed by atoms with van der Waals surface area (Å²) in [6, 6.07) is 34.2. The van der Waals surface area contributed by atoms with E-state index in [1.807, 2.05) is 0 Å². The fourth-order valence-corrected chi connectivity index (χ4v) is 7.41. The number of rotatable bonds is 1. The van der Waals surface area contributed by atoms with Crippen LogP contribution in [0, 0.1) is 0 Å². The van der Waals surface area contributed by atoms with Crippen molar-refractivity contribution in [3.63, 3.8) is 0 Å². The number of allylic oxidation sites excluding steroid dienone is 2. The highest BCUT2D eigenvalue weighted by Gasteiger charge is 2.25. The summed E-state index contributed by atoms with van der Waals surface area (Å²) in [6.45, 7) is 0. The largest absolute Gasteiger partial charge is 0.307 e. The van der Waals surface area contributed by atoms with Crippen LogP contribution in [0.5, 0.6) is 0 Å². The lowest BCUT2D eigenvalue weighted by molar-refractivity contribution is 0.985. The normalized spacial score (nSPS) is 14.6. The minimum atomic E-state index is 1.08. The molecule has 1 heterocycles. The third-order valence-electron chi connectivity index (χ3n) is 9.06. The van der Waals surface area contributed by atoms with Crippen molar-refractivity contribution in [3.8, 4) is 5.69 Å². The van der Waals surface area contributed by atoms with E-state index in [-0.39, 0.29) is 0 Å². The molecule has 0 saturated heterocycles. The van der Waals surface area contributed by atoms with Crippen molar-refractivity contribution in [1.82, 2.24) is 4.57 Å². The Morgan fingerprint density at radius 3 is 2.08 bits per heavy atom. The molecule has 0 amide bonds. The number of hydrogen-bond donors (Lipinski definition) is 0. The van der Waals surface area contributed by atoms with Gasteiger partial charge in [-0.05, 0) is 70.2 Å². The van der Waals surface area contributed by atoms with E-state index in [2.05, 4.69) is 120 Å². The van der Waals surface area contributed by atoms with E-state index >= 15 is 0 Å². The van der Waals surface area contributed by atoms with Gasteiger partial charge in [0.2, 0.25) is 0 Å². The average molecular weight is 498 g/mol. The summed E-state index contributed by atoms with van der Waals surface area (Å²) in [5.74, 6) is 0. The molecule has 0 saturated carbocycles. The van der Waals surface area contributed by atoms with Crippen molar-refractivity contribution >= 4 is 66.3 Å². The molecule has 6 aromatic carbocycles. The Balaban J connectivity index is 1.61. The lowest BCUT2D eigenvalue weighted by atomic mass is 9.88. The first kappa shape index (κ1) is 21.3. The quantitative estimate of drug-likeness (QED) is 0.213. The van der Waals surface area contributed by atoms with E-state index in [4.69, 9.17) is 0 Å². The summed E-state index contributed by atoms with van der Waals surface area (Å²) in [5, 5.41) is 10.7. The molecule has 0 fully saturated rings. The summed E-state index contributed by atoms with van der Waals surface area (Å²) in [7, 11) is 0. The molecule has 2 aliphatic rings. The number of hydrogen-bond acceptors (Lipinski definition) is 0. The molecule has 1 aromatic heterocycles. The van der Waals surface area contributed by atoms with Crippen molar-refractivity contribution in [2.45, 2.75) is 25.7 Å². The predicted octanol–water partition coefficient (Wildman–Crippen LogP) is 10.2. The molecule has 0 radical (unpaired) electrons. The first-order valence-corrected chi connectivity index (χ1v) is 14.2. The van der Waals surface area contributed by atoms with E-state index in [0.29, 0.717) is 0 Å². The van der Waals surface area contributed by atoms with Crippen molar-refractivity contribution in [3.05, 3.63) is 125 Å². The SMILES string of the molecule is C1=Cc2c(cc(-n3c4c5ccccc5ccc4c4c5c(c6ccccc6c43)CCC=C5)c3ccccc23)CC1. The first-order chi connectivity index (χ1) is 19.4. The van der Waals surface area contributed by atoms with Crippen molar-refractivity contribution in [2.24, 2.45) is 0 Å². The van der Waals surface area contributed by atoms with E-state index in [1.165, 1.54) is 82.1 Å². The molecule has 9 rings (SSSR count). The van der Waals surface area contributed by atoms with Gasteiger partial charge in [-0.25, -0.2) is 0 Å². The lowest BCUT2D eigenvalue weighted by Crippen LogP contribution is -2.03. The minimum Gasteiger partial charge on any atom is -0.307 e. The Bertz CT molecular complexity index is 2220. The highest BCUT2D eigenvalue weighted by Crippen LogP contribution is 2.46. The van der Waals surface area contributed by atoms with Gasteiger partial charge in [-0.2, -0.15) is 0 Å². The summed E-state index contributed by atoms with van der Waals surface area (Å²) in [5.41, 5.74) is 9.67. The van der Waals surface area contributed by atoms with Gasteiger partial charge in [-0.15, -0.1) is 0 Å². The van der Waals surface area contributed by atoms with Crippen LogP contribution < -0.4 is 0 Å². The third-order valence-corrected chi connectivity index (χ3v) is 9.06. The molecule has 1 nitrogen and oxygen atoms in total. The zero-order valence-electron chi connectivity index (χ0n) is 21.7. The molecule has 39 heavy (non-hydrogen) atoms. The Labute approximate surface area is 227 Å². The Kier molecular flexibility index (Phi) is 4.34. The van der Waals surface area contributed by atoms with Gasteiger partial charge in [-0.1, -0.05) is 109 Å². The number of fused-ring (bicyclic) bond motifs is 13. The molecule has 0 atom stereocenters. The number of aromatic nitrogens is 1. The smallest absolute Gasteiger partial charge is 0.0626 e. The Morgan fingerprint density at radius 2 is 1.21 bits per heavy atom. The number of nitrogens with zero attached hydrogens (tertiary/aromatic N) is 1. The molecule has 2 aliphatic carbocycles. The van der Waals surface area contributed by atoms with Crippen LogP contribution in [0.25, 0.3) is 72.0 Å². The molecule has 0 spiro atoms. The Hall–Kier alpha value is -4.62. The molecule has 1 heteroatoms. The van der Waals surface area contributed by atoms with E-state index in [9.17, 15) is 0 Å². The highest BCUT2D eigenvalue weighted by molar-refractivity contribution is 6.27. The van der Waals surface area contributed by atoms with Crippen molar-refractivity contribution in [2.75, 3.05) is 0 Å². The zero-order valence-corrected chi connectivity index (χ0v) is 21.7. The molecule has 0 aliphatic heterocycles. The molecule has 7 aromatic rings. The average Bonchev–Trinajstić information content (AvgIpc) is 3.37. The van der Waals surface area contributed by atoms with Crippen LogP contribution in [-0.2, 0) is 12.8 Å². The zero-order chi connectivity index (χ0) is 25.5. The van der Waals surface area contributed by atoms with Gasteiger partial charge in [0.25, 0.3) is 0 Å². The van der Waals surface area contributed by atoms with Gasteiger partial charge >= 0.3 is 0 Å². The van der Waals surface area contributed by atoms with Gasteiger partial charge < -0.3 is 4.57 Å². The number of benzene rings is 6. The minimum absolute atomic E-state index is 1.08. The van der Waals surface area contributed by atoms with Gasteiger partial charge in [0.1, 0.15) is 0 Å². The monoisotopic (exact) mass is 497 g/mol. The van der Waals surface area contributed by atoms with E-state index < -0.39 is 0 Å². The van der Waals surface area contributed by atoms with Crippen LogP contribution in [0.15, 0.2) is 103 Å². The topological polar surface area (TPSA) is 4.93 Å². The fraction of sp³-hybridized carbons (Fsp3) is 0.105. The standard InChI is InChI=1S/C38H27N/c1-4-14-27-24(11-1)21-22-34-36-32-19-9-6-16-29(32)30-17-7-10-20-33(30)38(36)39(37(27)34)35-23-25-12-2-3-13-26(25)28-15-5-8-18-31(28)35/h1,3-5,7-11,13-15,17-23H,2,6,12,16H2. The maximum Gasteiger partial charge on any atom is 0.0626 e. The summed E-state index contributed by atoms with van der Waals surface area (Å²) < 4.78 is 2.62. The first-order valence-electron chi connectivity index (χ1n) is 14.2.